The molecule has 0 aliphatic carbocycles. The molecule has 3 aromatic rings. The molecule has 0 aliphatic heterocycles. The first-order valence-corrected chi connectivity index (χ1v) is 9.00. The van der Waals surface area contributed by atoms with Crippen molar-refractivity contribution in [1.29, 1.82) is 0 Å². The Kier molecular flexibility index (Phi) is 6.39. The molecule has 7 heteroatoms. The van der Waals surface area contributed by atoms with E-state index in [-0.39, 0.29) is 18.1 Å². The van der Waals surface area contributed by atoms with Crippen molar-refractivity contribution in [3.05, 3.63) is 83.2 Å². The number of methoxy groups -OCH3 is 1. The molecule has 0 unspecified atom stereocenters. The Morgan fingerprint density at radius 1 is 1.14 bits per heavy atom. The second-order valence-corrected chi connectivity index (χ2v) is 6.19. The number of rotatable bonds is 8. The topological polar surface area (TPSA) is 53.4 Å². The molecule has 2 aromatic carbocycles. The maximum absolute atomic E-state index is 13.8. The summed E-state index contributed by atoms with van der Waals surface area (Å²) in [5, 5.41) is 4.18. The number of benzene rings is 2. The monoisotopic (exact) mass is 398 g/mol. The third-order valence-electron chi connectivity index (χ3n) is 4.23. The van der Waals surface area contributed by atoms with E-state index in [0.29, 0.717) is 23.6 Å². The van der Waals surface area contributed by atoms with Crippen LogP contribution in [-0.4, -0.2) is 22.7 Å². The minimum atomic E-state index is -0.780. The van der Waals surface area contributed by atoms with Crippen molar-refractivity contribution in [3.63, 3.8) is 0 Å². The van der Waals surface area contributed by atoms with Gasteiger partial charge in [-0.2, -0.15) is 5.10 Å². The number of hydrogen-bond acceptors (Lipinski definition) is 4. The SMILES string of the molecule is CCn1ccc(C(=O)/C=C/c2ccc(OC)c(COc3ccc(F)cc3F)c2)n1. The highest BCUT2D eigenvalue weighted by molar-refractivity contribution is 6.05. The lowest BCUT2D eigenvalue weighted by molar-refractivity contribution is 0.104. The number of carbonyl (C=O) groups is 1. The fraction of sp³-hybridized carbons (Fsp3) is 0.182. The summed E-state index contributed by atoms with van der Waals surface area (Å²) in [4.78, 5) is 12.2. The minimum absolute atomic E-state index is 0.0161. The van der Waals surface area contributed by atoms with Gasteiger partial charge in [0.15, 0.2) is 11.6 Å². The Bertz CT molecular complexity index is 1040. The number of nitrogens with zero attached hydrogens (tertiary/aromatic N) is 2. The van der Waals surface area contributed by atoms with Gasteiger partial charge in [-0.25, -0.2) is 8.78 Å². The highest BCUT2D eigenvalue weighted by Crippen LogP contribution is 2.24. The van der Waals surface area contributed by atoms with E-state index in [1.807, 2.05) is 6.92 Å². The molecular formula is C22H20F2N2O3. The molecule has 1 aromatic heterocycles. The standard InChI is InChI=1S/C22H20F2N2O3/c1-3-26-11-10-19(25-26)20(27)7-4-15-5-8-21(28-2)16(12-15)14-29-22-9-6-17(23)13-18(22)24/h4-13H,3,14H2,1-2H3/b7-4+. The van der Waals surface area contributed by atoms with Gasteiger partial charge in [0.05, 0.1) is 7.11 Å². The number of hydrogen-bond donors (Lipinski definition) is 0. The molecule has 0 spiro atoms. The number of allylic oxidation sites excluding steroid dienone is 1. The summed E-state index contributed by atoms with van der Waals surface area (Å²) in [5.41, 5.74) is 1.76. The van der Waals surface area contributed by atoms with E-state index in [1.165, 1.54) is 19.3 Å². The van der Waals surface area contributed by atoms with Gasteiger partial charge in [0, 0.05) is 24.4 Å². The van der Waals surface area contributed by atoms with Crippen molar-refractivity contribution in [1.82, 2.24) is 9.78 Å². The van der Waals surface area contributed by atoms with Gasteiger partial charge >= 0.3 is 0 Å². The molecule has 3 rings (SSSR count). The predicted molar refractivity (Wildman–Crippen MR) is 105 cm³/mol. The van der Waals surface area contributed by atoms with E-state index in [4.69, 9.17) is 9.47 Å². The third kappa shape index (κ3) is 5.07. The molecule has 0 aliphatic rings. The minimum Gasteiger partial charge on any atom is -0.496 e. The molecule has 0 N–H and O–H groups in total. The quantitative estimate of drug-likeness (QED) is 0.409. The molecule has 0 atom stereocenters. The van der Waals surface area contributed by atoms with Gasteiger partial charge in [0.25, 0.3) is 0 Å². The van der Waals surface area contributed by atoms with Crippen LogP contribution in [0.25, 0.3) is 6.08 Å². The summed E-state index contributed by atoms with van der Waals surface area (Å²) >= 11 is 0. The summed E-state index contributed by atoms with van der Waals surface area (Å²) in [6, 6.07) is 10.1. The predicted octanol–water partition coefficient (Wildman–Crippen LogP) is 4.66. The largest absolute Gasteiger partial charge is 0.496 e. The molecule has 0 fully saturated rings. The number of halogens is 2. The van der Waals surface area contributed by atoms with Crippen LogP contribution >= 0.6 is 0 Å². The molecule has 5 nitrogen and oxygen atoms in total. The summed E-state index contributed by atoms with van der Waals surface area (Å²) in [5.74, 6) is -1.17. The lowest BCUT2D eigenvalue weighted by atomic mass is 10.1. The van der Waals surface area contributed by atoms with Crippen LogP contribution in [0.5, 0.6) is 11.5 Å². The van der Waals surface area contributed by atoms with Crippen LogP contribution in [0.4, 0.5) is 8.78 Å². The van der Waals surface area contributed by atoms with E-state index in [9.17, 15) is 13.6 Å². The van der Waals surface area contributed by atoms with E-state index in [2.05, 4.69) is 5.10 Å². The van der Waals surface area contributed by atoms with E-state index in [1.54, 1.807) is 41.2 Å². The van der Waals surface area contributed by atoms with Gasteiger partial charge in [0.2, 0.25) is 5.78 Å². The average Bonchev–Trinajstić information content (AvgIpc) is 3.21. The molecule has 150 valence electrons. The zero-order valence-electron chi connectivity index (χ0n) is 16.1. The zero-order chi connectivity index (χ0) is 20.8. The van der Waals surface area contributed by atoms with Gasteiger partial charge in [-0.05, 0) is 48.9 Å². The average molecular weight is 398 g/mol. The van der Waals surface area contributed by atoms with Gasteiger partial charge in [-0.3, -0.25) is 9.48 Å². The zero-order valence-corrected chi connectivity index (χ0v) is 16.1. The summed E-state index contributed by atoms with van der Waals surface area (Å²) in [6.07, 6.45) is 4.85. The number of ketones is 1. The fourth-order valence-corrected chi connectivity index (χ4v) is 2.69. The molecular weight excluding hydrogens is 378 g/mol. The summed E-state index contributed by atoms with van der Waals surface area (Å²) in [6.45, 7) is 2.64. The van der Waals surface area contributed by atoms with Gasteiger partial charge < -0.3 is 9.47 Å². The Balaban J connectivity index is 1.74. The first-order chi connectivity index (χ1) is 14.0. The van der Waals surface area contributed by atoms with Gasteiger partial charge in [0.1, 0.15) is 23.9 Å². The van der Waals surface area contributed by atoms with Crippen LogP contribution < -0.4 is 9.47 Å². The molecule has 0 saturated heterocycles. The maximum atomic E-state index is 13.8. The first-order valence-electron chi connectivity index (χ1n) is 9.00. The second-order valence-electron chi connectivity index (χ2n) is 6.19. The smallest absolute Gasteiger partial charge is 0.206 e. The van der Waals surface area contributed by atoms with Crippen molar-refractivity contribution in [2.24, 2.45) is 0 Å². The van der Waals surface area contributed by atoms with Crippen LogP contribution in [0.15, 0.2) is 54.7 Å². The fourth-order valence-electron chi connectivity index (χ4n) is 2.69. The maximum Gasteiger partial charge on any atom is 0.206 e. The highest BCUT2D eigenvalue weighted by Gasteiger charge is 2.10. The highest BCUT2D eigenvalue weighted by atomic mass is 19.1. The number of aryl methyl sites for hydroxylation is 1. The number of ether oxygens (including phenoxy) is 2. The Morgan fingerprint density at radius 3 is 2.62 bits per heavy atom. The number of aromatic nitrogens is 2. The molecule has 29 heavy (non-hydrogen) atoms. The lowest BCUT2D eigenvalue weighted by Crippen LogP contribution is -2.01. The van der Waals surface area contributed by atoms with E-state index >= 15 is 0 Å². The van der Waals surface area contributed by atoms with E-state index < -0.39 is 11.6 Å². The lowest BCUT2D eigenvalue weighted by Gasteiger charge is -2.12. The van der Waals surface area contributed by atoms with Crippen molar-refractivity contribution in [2.45, 2.75) is 20.1 Å². The molecule has 1 heterocycles. The van der Waals surface area contributed by atoms with Crippen molar-refractivity contribution in [2.75, 3.05) is 7.11 Å². The third-order valence-corrected chi connectivity index (χ3v) is 4.23. The Hall–Kier alpha value is -3.48. The Labute approximate surface area is 167 Å². The number of carbonyl (C=O) groups excluding carboxylic acids is 1. The molecule has 0 saturated carbocycles. The van der Waals surface area contributed by atoms with Gasteiger partial charge in [-0.1, -0.05) is 12.1 Å². The van der Waals surface area contributed by atoms with Crippen LogP contribution in [0.1, 0.15) is 28.5 Å². The van der Waals surface area contributed by atoms with Crippen LogP contribution in [0.3, 0.4) is 0 Å². The van der Waals surface area contributed by atoms with Crippen molar-refractivity contribution >= 4 is 11.9 Å². The van der Waals surface area contributed by atoms with Crippen LogP contribution in [0.2, 0.25) is 0 Å². The van der Waals surface area contributed by atoms with Crippen LogP contribution in [0, 0.1) is 11.6 Å². The normalized spacial score (nSPS) is 11.0. The first kappa shape index (κ1) is 20.3. The van der Waals surface area contributed by atoms with E-state index in [0.717, 1.165) is 17.7 Å². The van der Waals surface area contributed by atoms with Crippen molar-refractivity contribution in [3.8, 4) is 11.5 Å². The summed E-state index contributed by atoms with van der Waals surface area (Å²) in [7, 11) is 1.51. The summed E-state index contributed by atoms with van der Waals surface area (Å²) < 4.78 is 39.2. The Morgan fingerprint density at radius 2 is 1.93 bits per heavy atom. The molecule has 0 bridgehead atoms. The molecule has 0 amide bonds. The van der Waals surface area contributed by atoms with Gasteiger partial charge in [-0.15, -0.1) is 0 Å². The van der Waals surface area contributed by atoms with Crippen molar-refractivity contribution < 1.29 is 23.0 Å². The second kappa shape index (κ2) is 9.14. The van der Waals surface area contributed by atoms with Crippen LogP contribution in [-0.2, 0) is 13.2 Å². The molecule has 0 radical (unpaired) electrons.